The van der Waals surface area contributed by atoms with E-state index in [-0.39, 0.29) is 42.7 Å². The van der Waals surface area contributed by atoms with Crippen LogP contribution in [0.3, 0.4) is 0 Å². The average molecular weight is 770 g/mol. The van der Waals surface area contributed by atoms with Gasteiger partial charge in [0.1, 0.15) is 22.9 Å². The number of hydrogen-bond donors (Lipinski definition) is 4. The Hall–Kier alpha value is -5.74. The maximum Gasteiger partial charge on any atom is 0.264 e. The molecule has 4 aromatic rings. The summed E-state index contributed by atoms with van der Waals surface area (Å²) in [5.74, 6) is -1.96. The zero-order chi connectivity index (χ0) is 38.3. The number of hydrazine groups is 1. The van der Waals surface area contributed by atoms with Gasteiger partial charge in [0.2, 0.25) is 23.6 Å². The summed E-state index contributed by atoms with van der Waals surface area (Å²) >= 11 is 7.81. The Morgan fingerprint density at radius 1 is 0.944 bits per heavy atom. The van der Waals surface area contributed by atoms with Crippen LogP contribution in [-0.4, -0.2) is 73.4 Å². The van der Waals surface area contributed by atoms with E-state index in [0.717, 1.165) is 31.5 Å². The highest BCUT2D eigenvalue weighted by atomic mass is 35.5. The van der Waals surface area contributed by atoms with Gasteiger partial charge in [-0.25, -0.2) is 0 Å². The number of amides is 6. The first-order chi connectivity index (χ1) is 25.9. The molecule has 3 aliphatic heterocycles. The number of nitrogens with zero attached hydrogens (tertiary/aromatic N) is 5. The van der Waals surface area contributed by atoms with Gasteiger partial charge in [-0.1, -0.05) is 29.8 Å². The van der Waals surface area contributed by atoms with Gasteiger partial charge in [-0.3, -0.25) is 59.4 Å². The highest BCUT2D eigenvalue weighted by molar-refractivity contribution is 7.15. The Morgan fingerprint density at radius 3 is 2.46 bits per heavy atom. The Bertz CT molecular complexity index is 2260. The summed E-state index contributed by atoms with van der Waals surface area (Å²) in [6, 6.07) is 10.5. The number of imide groups is 2. The fraction of sp³-hybridized carbons (Fsp3) is 0.324. The second kappa shape index (κ2) is 14.9. The normalized spacial score (nSPS) is 17.6. The third kappa shape index (κ3) is 6.89. The van der Waals surface area contributed by atoms with Crippen molar-refractivity contribution in [1.82, 2.24) is 35.8 Å². The lowest BCUT2D eigenvalue weighted by molar-refractivity contribution is -0.136. The van der Waals surface area contributed by atoms with Crippen LogP contribution in [0.5, 0.6) is 0 Å². The lowest BCUT2D eigenvalue weighted by Crippen LogP contribution is -2.54. The summed E-state index contributed by atoms with van der Waals surface area (Å²) < 4.78 is 1.95. The fourth-order valence-electron chi connectivity index (χ4n) is 6.86. The maximum atomic E-state index is 13.3. The Kier molecular flexibility index (Phi) is 10.1. The molecule has 0 spiro atoms. The molecule has 0 bridgehead atoms. The summed E-state index contributed by atoms with van der Waals surface area (Å²) in [4.78, 5) is 83.4. The van der Waals surface area contributed by atoms with E-state index in [9.17, 15) is 28.8 Å². The van der Waals surface area contributed by atoms with Crippen molar-refractivity contribution >= 4 is 69.8 Å². The first kappa shape index (κ1) is 36.6. The van der Waals surface area contributed by atoms with Crippen molar-refractivity contribution in [3.8, 4) is 5.00 Å². The van der Waals surface area contributed by atoms with Gasteiger partial charge >= 0.3 is 0 Å². The highest BCUT2D eigenvalue weighted by Gasteiger charge is 2.45. The predicted octanol–water partition coefficient (Wildman–Crippen LogP) is 4.02. The first-order valence-corrected chi connectivity index (χ1v) is 18.6. The van der Waals surface area contributed by atoms with Crippen LogP contribution in [0.1, 0.15) is 98.5 Å². The largest absolute Gasteiger partial charge is 0.384 e. The SMILES string of the molecule is Cc1sc2c(c1C)C(c1ccc(Cl)cc1)=N[C@@H](CC(=O)NNC(=O)CCCCNc1cccc3c1C(=O)N(C1CCC(=O)NC1=O)C3=O)c1nnc(C)n1-2. The molecule has 1 saturated heterocycles. The number of hydrogen-bond acceptors (Lipinski definition) is 11. The summed E-state index contributed by atoms with van der Waals surface area (Å²) in [6.07, 6.45) is 1.11. The number of anilines is 1. The number of unbranched alkanes of at least 4 members (excludes halogenated alkanes) is 1. The van der Waals surface area contributed by atoms with Gasteiger partial charge in [-0.15, -0.1) is 21.5 Å². The summed E-state index contributed by atoms with van der Waals surface area (Å²) in [5.41, 5.74) is 9.35. The number of halogens is 1. The Labute approximate surface area is 318 Å². The van der Waals surface area contributed by atoms with Crippen LogP contribution in [0.15, 0.2) is 47.5 Å². The predicted molar refractivity (Wildman–Crippen MR) is 200 cm³/mol. The number of rotatable bonds is 10. The quantitative estimate of drug-likeness (QED) is 0.105. The van der Waals surface area contributed by atoms with Crippen LogP contribution >= 0.6 is 22.9 Å². The second-order valence-corrected chi connectivity index (χ2v) is 14.9. The molecule has 6 amide bonds. The summed E-state index contributed by atoms with van der Waals surface area (Å²) in [5, 5.41) is 15.6. The van der Waals surface area contributed by atoms with Crippen molar-refractivity contribution in [3.63, 3.8) is 0 Å². The number of fused-ring (bicyclic) bond motifs is 4. The van der Waals surface area contributed by atoms with Crippen LogP contribution < -0.4 is 21.5 Å². The minimum absolute atomic E-state index is 0.0346. The number of benzene rings is 2. The number of thiophene rings is 1. The number of nitrogens with one attached hydrogen (secondary N) is 4. The molecule has 15 nitrogen and oxygen atoms in total. The molecule has 1 unspecified atom stereocenters. The van der Waals surface area contributed by atoms with E-state index < -0.39 is 41.6 Å². The van der Waals surface area contributed by atoms with Crippen molar-refractivity contribution in [2.24, 2.45) is 4.99 Å². The third-order valence-electron chi connectivity index (χ3n) is 9.69. The molecule has 7 rings (SSSR count). The van der Waals surface area contributed by atoms with Gasteiger partial charge < -0.3 is 5.32 Å². The van der Waals surface area contributed by atoms with Gasteiger partial charge in [-0.2, -0.15) is 0 Å². The van der Waals surface area contributed by atoms with E-state index in [2.05, 4.69) is 38.6 Å². The van der Waals surface area contributed by atoms with Gasteiger partial charge in [-0.05, 0) is 69.9 Å². The first-order valence-electron chi connectivity index (χ1n) is 17.5. The molecular formula is C37H36ClN9O6S. The topological polar surface area (TPSA) is 197 Å². The zero-order valence-corrected chi connectivity index (χ0v) is 31.2. The fourth-order valence-corrected chi connectivity index (χ4v) is 8.20. The number of piperidine rings is 1. The van der Waals surface area contributed by atoms with Gasteiger partial charge in [0.25, 0.3) is 11.8 Å². The van der Waals surface area contributed by atoms with Crippen LogP contribution in [0.25, 0.3) is 5.00 Å². The lowest BCUT2D eigenvalue weighted by atomic mass is 9.99. The van der Waals surface area contributed by atoms with Gasteiger partial charge in [0, 0.05) is 46.1 Å². The molecule has 5 heterocycles. The molecule has 0 saturated carbocycles. The number of aryl methyl sites for hydroxylation is 2. The van der Waals surface area contributed by atoms with E-state index in [1.54, 1.807) is 35.6 Å². The van der Waals surface area contributed by atoms with Crippen LogP contribution in [0, 0.1) is 20.8 Å². The molecule has 54 heavy (non-hydrogen) atoms. The number of aliphatic imine (C=N–C) groups is 1. The van der Waals surface area contributed by atoms with E-state index >= 15 is 0 Å². The van der Waals surface area contributed by atoms with E-state index in [4.69, 9.17) is 16.6 Å². The second-order valence-electron chi connectivity index (χ2n) is 13.3. The smallest absolute Gasteiger partial charge is 0.264 e. The standard InChI is InChI=1S/C37H36ClN9O6S/c1-18-19(2)54-37-30(18)32(21-10-12-22(38)13-11-21)40-25(33-45-42-20(3)46(33)37)17-29(50)44-43-28(49)9-4-5-16-39-24-8-6-7-23-31(24)36(53)47(35(23)52)26-14-15-27(48)41-34(26)51/h6-8,10-13,25-26,39H,4-5,9,14-17H2,1-3H3,(H,43,49)(H,44,50)(H,41,48,51)/t25-,26?/m0/s1. The Morgan fingerprint density at radius 2 is 1.70 bits per heavy atom. The minimum Gasteiger partial charge on any atom is -0.384 e. The average Bonchev–Trinajstić information content (AvgIpc) is 3.72. The van der Waals surface area contributed by atoms with E-state index in [0.29, 0.717) is 47.5 Å². The molecule has 4 N–H and O–H groups in total. The number of carbonyl (C=O) groups excluding carboxylic acids is 6. The van der Waals surface area contributed by atoms with Crippen molar-refractivity contribution in [2.75, 3.05) is 11.9 Å². The molecule has 278 valence electrons. The third-order valence-corrected chi connectivity index (χ3v) is 11.1. The van der Waals surface area contributed by atoms with Crippen LogP contribution in [0.4, 0.5) is 5.69 Å². The lowest BCUT2D eigenvalue weighted by Gasteiger charge is -2.27. The molecule has 17 heteroatoms. The molecular weight excluding hydrogens is 734 g/mol. The van der Waals surface area contributed by atoms with Crippen LogP contribution in [-0.2, 0) is 19.2 Å². The summed E-state index contributed by atoms with van der Waals surface area (Å²) in [7, 11) is 0. The maximum absolute atomic E-state index is 13.3. The molecule has 2 aromatic carbocycles. The Balaban J connectivity index is 0.938. The van der Waals surface area contributed by atoms with Crippen molar-refractivity contribution in [1.29, 1.82) is 0 Å². The van der Waals surface area contributed by atoms with Crippen LogP contribution in [0.2, 0.25) is 5.02 Å². The monoisotopic (exact) mass is 769 g/mol. The van der Waals surface area contributed by atoms with Crippen molar-refractivity contribution in [2.45, 2.75) is 71.4 Å². The molecule has 0 aliphatic carbocycles. The number of aromatic nitrogens is 3. The van der Waals surface area contributed by atoms with Crippen molar-refractivity contribution in [3.05, 3.63) is 91.8 Å². The highest BCUT2D eigenvalue weighted by Crippen LogP contribution is 2.39. The molecule has 0 radical (unpaired) electrons. The van der Waals surface area contributed by atoms with E-state index in [1.807, 2.05) is 30.5 Å². The zero-order valence-electron chi connectivity index (χ0n) is 29.6. The number of carbonyl (C=O) groups is 6. The molecule has 3 aliphatic rings. The molecule has 2 aromatic heterocycles. The summed E-state index contributed by atoms with van der Waals surface area (Å²) in [6.45, 7) is 6.34. The molecule has 2 atom stereocenters. The van der Waals surface area contributed by atoms with E-state index in [1.165, 1.54) is 6.07 Å². The van der Waals surface area contributed by atoms with Gasteiger partial charge in [0.15, 0.2) is 5.82 Å². The van der Waals surface area contributed by atoms with Crippen molar-refractivity contribution < 1.29 is 28.8 Å². The molecule has 1 fully saturated rings. The minimum atomic E-state index is -1.05. The van der Waals surface area contributed by atoms with Gasteiger partial charge in [0.05, 0.1) is 23.3 Å².